The van der Waals surface area contributed by atoms with Gasteiger partial charge in [-0.15, -0.1) is 0 Å². The summed E-state index contributed by atoms with van der Waals surface area (Å²) in [6.07, 6.45) is 0. The van der Waals surface area contributed by atoms with Crippen LogP contribution in [-0.2, 0) is 10.0 Å². The average Bonchev–Trinajstić information content (AvgIpc) is 2.61. The Morgan fingerprint density at radius 2 is 1.58 bits per heavy atom. The first kappa shape index (κ1) is 18.4. The summed E-state index contributed by atoms with van der Waals surface area (Å²) >= 11 is 6.01. The Kier molecular flexibility index (Phi) is 4.98. The van der Waals surface area contributed by atoms with E-state index in [1.165, 1.54) is 12.1 Å². The SMILES string of the molecule is Cc1cc(-c2cc(F)c(F)cc2NS(=O)(=O)c2ccccc2)ccc1Cl. The minimum Gasteiger partial charge on any atom is -0.279 e. The summed E-state index contributed by atoms with van der Waals surface area (Å²) in [5.74, 6) is -2.22. The molecule has 0 aliphatic carbocycles. The van der Waals surface area contributed by atoms with Crippen molar-refractivity contribution in [2.45, 2.75) is 11.8 Å². The third kappa shape index (κ3) is 3.71. The van der Waals surface area contributed by atoms with Crippen LogP contribution >= 0.6 is 11.6 Å². The summed E-state index contributed by atoms with van der Waals surface area (Å²) in [5.41, 5.74) is 1.39. The Bertz CT molecular complexity index is 1070. The first-order chi connectivity index (χ1) is 12.3. The lowest BCUT2D eigenvalue weighted by Crippen LogP contribution is -2.14. The highest BCUT2D eigenvalue weighted by Gasteiger charge is 2.19. The maximum atomic E-state index is 13.8. The van der Waals surface area contributed by atoms with Crippen LogP contribution in [0.5, 0.6) is 0 Å². The van der Waals surface area contributed by atoms with E-state index in [2.05, 4.69) is 4.72 Å². The highest BCUT2D eigenvalue weighted by atomic mass is 35.5. The number of sulfonamides is 1. The molecule has 0 radical (unpaired) electrons. The molecule has 0 amide bonds. The van der Waals surface area contributed by atoms with E-state index in [0.717, 1.165) is 17.7 Å². The van der Waals surface area contributed by atoms with Crippen molar-refractivity contribution in [2.75, 3.05) is 4.72 Å². The van der Waals surface area contributed by atoms with Crippen molar-refractivity contribution in [2.24, 2.45) is 0 Å². The fraction of sp³-hybridized carbons (Fsp3) is 0.0526. The number of rotatable bonds is 4. The molecule has 3 aromatic carbocycles. The number of benzene rings is 3. The lowest BCUT2D eigenvalue weighted by molar-refractivity contribution is 0.509. The first-order valence-electron chi connectivity index (χ1n) is 7.61. The molecular formula is C19H14ClF2NO2S. The van der Waals surface area contributed by atoms with Crippen molar-refractivity contribution in [1.29, 1.82) is 0 Å². The topological polar surface area (TPSA) is 46.2 Å². The van der Waals surface area contributed by atoms with Gasteiger partial charge in [0, 0.05) is 16.7 Å². The zero-order valence-corrected chi connectivity index (χ0v) is 15.2. The molecular weight excluding hydrogens is 380 g/mol. The largest absolute Gasteiger partial charge is 0.279 e. The molecule has 0 aromatic heterocycles. The van der Waals surface area contributed by atoms with Gasteiger partial charge in [-0.1, -0.05) is 35.9 Å². The second-order valence-electron chi connectivity index (χ2n) is 5.69. The van der Waals surface area contributed by atoms with Crippen molar-refractivity contribution in [1.82, 2.24) is 0 Å². The fourth-order valence-corrected chi connectivity index (χ4v) is 3.69. The number of halogens is 3. The van der Waals surface area contributed by atoms with Gasteiger partial charge < -0.3 is 0 Å². The van der Waals surface area contributed by atoms with Crippen molar-refractivity contribution in [3.8, 4) is 11.1 Å². The van der Waals surface area contributed by atoms with Gasteiger partial charge in [0.2, 0.25) is 0 Å². The molecule has 3 nitrogen and oxygen atoms in total. The molecule has 0 aliphatic heterocycles. The first-order valence-corrected chi connectivity index (χ1v) is 9.47. The quantitative estimate of drug-likeness (QED) is 0.645. The standard InChI is InChI=1S/C19H14ClF2NO2S/c1-12-9-13(7-8-16(12)20)15-10-17(21)18(22)11-19(15)23-26(24,25)14-5-3-2-4-6-14/h2-11,23H,1H3. The van der Waals surface area contributed by atoms with Gasteiger partial charge in [-0.25, -0.2) is 17.2 Å². The summed E-state index contributed by atoms with van der Waals surface area (Å²) in [6, 6.07) is 14.3. The van der Waals surface area contributed by atoms with E-state index in [-0.39, 0.29) is 16.1 Å². The maximum Gasteiger partial charge on any atom is 0.261 e. The molecule has 0 unspecified atom stereocenters. The van der Waals surface area contributed by atoms with Crippen LogP contribution < -0.4 is 4.72 Å². The third-order valence-electron chi connectivity index (χ3n) is 3.83. The minimum absolute atomic E-state index is 0.0166. The van der Waals surface area contributed by atoms with Gasteiger partial charge in [0.15, 0.2) is 11.6 Å². The average molecular weight is 394 g/mol. The highest BCUT2D eigenvalue weighted by Crippen LogP contribution is 2.33. The smallest absolute Gasteiger partial charge is 0.261 e. The van der Waals surface area contributed by atoms with Crippen LogP contribution in [0.4, 0.5) is 14.5 Å². The van der Waals surface area contributed by atoms with E-state index in [4.69, 9.17) is 11.6 Å². The summed E-state index contributed by atoms with van der Waals surface area (Å²) in [5, 5.41) is 0.516. The zero-order valence-electron chi connectivity index (χ0n) is 13.6. The Morgan fingerprint density at radius 3 is 2.23 bits per heavy atom. The van der Waals surface area contributed by atoms with Crippen LogP contribution in [0.2, 0.25) is 5.02 Å². The van der Waals surface area contributed by atoms with Crippen LogP contribution in [0.15, 0.2) is 65.6 Å². The van der Waals surface area contributed by atoms with Crippen molar-refractivity contribution >= 4 is 27.3 Å². The van der Waals surface area contributed by atoms with Crippen molar-refractivity contribution < 1.29 is 17.2 Å². The minimum atomic E-state index is -3.96. The molecule has 0 saturated carbocycles. The number of hydrogen-bond acceptors (Lipinski definition) is 2. The number of hydrogen-bond donors (Lipinski definition) is 1. The van der Waals surface area contributed by atoms with Crippen molar-refractivity contribution in [3.05, 3.63) is 82.9 Å². The molecule has 0 spiro atoms. The summed E-state index contributed by atoms with van der Waals surface area (Å²) in [7, 11) is -3.96. The van der Waals surface area contributed by atoms with Gasteiger partial charge in [0.25, 0.3) is 10.0 Å². The molecule has 0 saturated heterocycles. The molecule has 0 bridgehead atoms. The number of anilines is 1. The molecule has 7 heteroatoms. The van der Waals surface area contributed by atoms with E-state index in [1.54, 1.807) is 43.3 Å². The zero-order chi connectivity index (χ0) is 18.9. The molecule has 26 heavy (non-hydrogen) atoms. The molecule has 1 N–H and O–H groups in total. The van der Waals surface area contributed by atoms with Gasteiger partial charge >= 0.3 is 0 Å². The molecule has 3 rings (SSSR count). The van der Waals surface area contributed by atoms with E-state index in [0.29, 0.717) is 10.6 Å². The fourth-order valence-electron chi connectivity index (χ4n) is 2.49. The second-order valence-corrected chi connectivity index (χ2v) is 7.78. The van der Waals surface area contributed by atoms with Gasteiger partial charge in [-0.3, -0.25) is 4.72 Å². The van der Waals surface area contributed by atoms with Crippen LogP contribution in [0.25, 0.3) is 11.1 Å². The third-order valence-corrected chi connectivity index (χ3v) is 5.63. The van der Waals surface area contributed by atoms with Crippen LogP contribution in [0.3, 0.4) is 0 Å². The molecule has 0 heterocycles. The van der Waals surface area contributed by atoms with E-state index in [1.807, 2.05) is 0 Å². The number of nitrogens with one attached hydrogen (secondary N) is 1. The maximum absolute atomic E-state index is 13.8. The second kappa shape index (κ2) is 7.05. The Labute approximate surface area is 155 Å². The van der Waals surface area contributed by atoms with Crippen LogP contribution in [0.1, 0.15) is 5.56 Å². The Hall–Kier alpha value is -2.44. The molecule has 0 atom stereocenters. The van der Waals surface area contributed by atoms with Gasteiger partial charge in [-0.05, 0) is 48.4 Å². The van der Waals surface area contributed by atoms with Crippen LogP contribution in [0, 0.1) is 18.6 Å². The lowest BCUT2D eigenvalue weighted by Gasteiger charge is -2.14. The van der Waals surface area contributed by atoms with Crippen molar-refractivity contribution in [3.63, 3.8) is 0 Å². The van der Waals surface area contributed by atoms with E-state index >= 15 is 0 Å². The normalized spacial score (nSPS) is 11.4. The summed E-state index contributed by atoms with van der Waals surface area (Å²) in [4.78, 5) is 0.0166. The Balaban J connectivity index is 2.12. The molecule has 3 aromatic rings. The molecule has 0 aliphatic rings. The molecule has 0 fully saturated rings. The Morgan fingerprint density at radius 1 is 0.923 bits per heavy atom. The highest BCUT2D eigenvalue weighted by molar-refractivity contribution is 7.92. The predicted molar refractivity (Wildman–Crippen MR) is 98.8 cm³/mol. The number of aryl methyl sites for hydroxylation is 1. The van der Waals surface area contributed by atoms with E-state index in [9.17, 15) is 17.2 Å². The van der Waals surface area contributed by atoms with Gasteiger partial charge in [0.1, 0.15) is 0 Å². The van der Waals surface area contributed by atoms with E-state index < -0.39 is 21.7 Å². The monoisotopic (exact) mass is 393 g/mol. The predicted octanol–water partition coefficient (Wildman–Crippen LogP) is 5.39. The van der Waals surface area contributed by atoms with Gasteiger partial charge in [0.05, 0.1) is 10.6 Å². The van der Waals surface area contributed by atoms with Gasteiger partial charge in [-0.2, -0.15) is 0 Å². The summed E-state index contributed by atoms with van der Waals surface area (Å²) < 4.78 is 55.0. The summed E-state index contributed by atoms with van der Waals surface area (Å²) in [6.45, 7) is 1.76. The van der Waals surface area contributed by atoms with Crippen LogP contribution in [-0.4, -0.2) is 8.42 Å². The molecule has 134 valence electrons. The lowest BCUT2D eigenvalue weighted by atomic mass is 10.0.